The van der Waals surface area contributed by atoms with Gasteiger partial charge in [0.25, 0.3) is 0 Å². The fourth-order valence-electron chi connectivity index (χ4n) is 1.85. The van der Waals surface area contributed by atoms with Gasteiger partial charge in [-0.15, -0.1) is 0 Å². The average Bonchev–Trinajstić information content (AvgIpc) is 2.51. The zero-order chi connectivity index (χ0) is 14.3. The van der Waals surface area contributed by atoms with Crippen molar-refractivity contribution >= 4 is 13.2 Å². The fraction of sp³-hybridized carbons (Fsp3) is 0.467. The van der Waals surface area contributed by atoms with Crippen LogP contribution in [0, 0.1) is 6.92 Å². The first-order valence-corrected chi connectivity index (χ1v) is 6.51. The van der Waals surface area contributed by atoms with E-state index < -0.39 is 24.0 Å². The van der Waals surface area contributed by atoms with Crippen molar-refractivity contribution in [2.24, 2.45) is 0 Å². The number of benzene rings is 1. The number of halogens is 1. The normalized spacial score (nSPS) is 21.8. The van der Waals surface area contributed by atoms with Crippen LogP contribution in [0.15, 0.2) is 30.0 Å². The summed E-state index contributed by atoms with van der Waals surface area (Å²) in [6.45, 7) is 9.63. The molecule has 102 valence electrons. The molecule has 0 unspecified atom stereocenters. The molecule has 0 aromatic heterocycles. The molecular formula is C15H20BFO2. The van der Waals surface area contributed by atoms with E-state index in [1.807, 2.05) is 58.9 Å². The molecule has 0 N–H and O–H groups in total. The molecule has 0 bridgehead atoms. The SMILES string of the molecule is Cc1ccc(C=C(F)B2OC(C)(C)C(C)(C)O2)cc1. The lowest BCUT2D eigenvalue weighted by atomic mass is 9.87. The van der Waals surface area contributed by atoms with Crippen molar-refractivity contribution in [1.82, 2.24) is 0 Å². The number of aryl methyl sites for hydroxylation is 1. The third kappa shape index (κ3) is 2.90. The van der Waals surface area contributed by atoms with E-state index in [1.54, 1.807) is 0 Å². The lowest BCUT2D eigenvalue weighted by molar-refractivity contribution is 0.00578. The van der Waals surface area contributed by atoms with Crippen molar-refractivity contribution < 1.29 is 13.7 Å². The Labute approximate surface area is 114 Å². The maximum absolute atomic E-state index is 14.2. The van der Waals surface area contributed by atoms with Gasteiger partial charge in [0.1, 0.15) is 5.73 Å². The molecular weight excluding hydrogens is 242 g/mol. The Kier molecular flexibility index (Phi) is 3.58. The highest BCUT2D eigenvalue weighted by atomic mass is 19.1. The van der Waals surface area contributed by atoms with Crippen molar-refractivity contribution in [1.29, 1.82) is 0 Å². The predicted molar refractivity (Wildman–Crippen MR) is 76.3 cm³/mol. The zero-order valence-electron chi connectivity index (χ0n) is 12.2. The second-order valence-corrected chi connectivity index (χ2v) is 6.03. The molecule has 0 spiro atoms. The van der Waals surface area contributed by atoms with E-state index in [2.05, 4.69) is 0 Å². The van der Waals surface area contributed by atoms with Gasteiger partial charge < -0.3 is 9.31 Å². The summed E-state index contributed by atoms with van der Waals surface area (Å²) in [5.74, 6) is 0. The van der Waals surface area contributed by atoms with Crippen LogP contribution < -0.4 is 0 Å². The van der Waals surface area contributed by atoms with Crippen LogP contribution in [0.1, 0.15) is 38.8 Å². The molecule has 1 aliphatic rings. The first-order chi connectivity index (χ1) is 8.71. The monoisotopic (exact) mass is 262 g/mol. The first kappa shape index (κ1) is 14.3. The Hall–Kier alpha value is -1.13. The van der Waals surface area contributed by atoms with E-state index in [4.69, 9.17) is 9.31 Å². The molecule has 1 aromatic rings. The van der Waals surface area contributed by atoms with E-state index in [9.17, 15) is 4.39 Å². The van der Waals surface area contributed by atoms with Gasteiger partial charge in [-0.3, -0.25) is 0 Å². The summed E-state index contributed by atoms with van der Waals surface area (Å²) in [4.78, 5) is 0. The van der Waals surface area contributed by atoms with E-state index >= 15 is 0 Å². The van der Waals surface area contributed by atoms with Gasteiger partial charge in [0.2, 0.25) is 0 Å². The molecule has 1 saturated heterocycles. The maximum atomic E-state index is 14.2. The predicted octanol–water partition coefficient (Wildman–Crippen LogP) is 3.94. The second kappa shape index (κ2) is 4.76. The number of rotatable bonds is 2. The molecule has 0 saturated carbocycles. The van der Waals surface area contributed by atoms with Gasteiger partial charge in [-0.1, -0.05) is 29.8 Å². The third-order valence-electron chi connectivity index (χ3n) is 3.86. The maximum Gasteiger partial charge on any atom is 0.525 e. The van der Waals surface area contributed by atoms with Crippen LogP contribution in [-0.4, -0.2) is 18.3 Å². The summed E-state index contributed by atoms with van der Waals surface area (Å²) in [6, 6.07) is 7.65. The van der Waals surface area contributed by atoms with Crippen LogP contribution >= 0.6 is 0 Å². The van der Waals surface area contributed by atoms with Gasteiger partial charge in [-0.05, 0) is 46.3 Å². The summed E-state index contributed by atoms with van der Waals surface area (Å²) >= 11 is 0. The van der Waals surface area contributed by atoms with E-state index in [-0.39, 0.29) is 0 Å². The van der Waals surface area contributed by atoms with Crippen molar-refractivity contribution in [3.05, 3.63) is 41.1 Å². The minimum Gasteiger partial charge on any atom is -0.398 e. The Morgan fingerprint density at radius 1 is 1.05 bits per heavy atom. The van der Waals surface area contributed by atoms with Crippen LogP contribution in [0.2, 0.25) is 0 Å². The molecule has 19 heavy (non-hydrogen) atoms. The Balaban J connectivity index is 2.17. The largest absolute Gasteiger partial charge is 0.525 e. The van der Waals surface area contributed by atoms with Gasteiger partial charge in [0, 0.05) is 0 Å². The quantitative estimate of drug-likeness (QED) is 0.751. The third-order valence-corrected chi connectivity index (χ3v) is 3.86. The Bertz CT molecular complexity index is 475. The lowest BCUT2D eigenvalue weighted by Crippen LogP contribution is -2.41. The smallest absolute Gasteiger partial charge is 0.398 e. The molecule has 0 aliphatic carbocycles. The van der Waals surface area contributed by atoms with Gasteiger partial charge in [0.15, 0.2) is 0 Å². The van der Waals surface area contributed by atoms with Crippen molar-refractivity contribution in [3.63, 3.8) is 0 Å². The molecule has 0 atom stereocenters. The molecule has 1 heterocycles. The molecule has 1 aromatic carbocycles. The molecule has 4 heteroatoms. The Morgan fingerprint density at radius 2 is 1.53 bits per heavy atom. The zero-order valence-corrected chi connectivity index (χ0v) is 12.2. The molecule has 2 rings (SSSR count). The second-order valence-electron chi connectivity index (χ2n) is 6.03. The van der Waals surface area contributed by atoms with E-state index in [0.717, 1.165) is 11.1 Å². The molecule has 1 aliphatic heterocycles. The summed E-state index contributed by atoms with van der Waals surface area (Å²) in [6.07, 6.45) is 1.46. The van der Waals surface area contributed by atoms with E-state index in [0.29, 0.717) is 0 Å². The minimum atomic E-state index is -0.925. The highest BCUT2D eigenvalue weighted by Crippen LogP contribution is 2.39. The van der Waals surface area contributed by atoms with Gasteiger partial charge in [-0.2, -0.15) is 0 Å². The molecule has 1 fully saturated rings. The van der Waals surface area contributed by atoms with Crippen LogP contribution in [0.3, 0.4) is 0 Å². The molecule has 0 radical (unpaired) electrons. The van der Waals surface area contributed by atoms with Crippen molar-refractivity contribution in [3.8, 4) is 0 Å². The van der Waals surface area contributed by atoms with Crippen LogP contribution in [0.4, 0.5) is 4.39 Å². The first-order valence-electron chi connectivity index (χ1n) is 6.51. The number of hydrogen-bond acceptors (Lipinski definition) is 2. The summed E-state index contributed by atoms with van der Waals surface area (Å²) in [5.41, 5.74) is 0.514. The van der Waals surface area contributed by atoms with Crippen molar-refractivity contribution in [2.45, 2.75) is 45.8 Å². The minimum absolute atomic E-state index is 0.400. The van der Waals surface area contributed by atoms with Gasteiger partial charge in [-0.25, -0.2) is 4.39 Å². The standard InChI is InChI=1S/C15H20BFO2/c1-11-6-8-12(9-7-11)10-13(17)16-18-14(2,3)15(4,5)19-16/h6-10H,1-5H3. The van der Waals surface area contributed by atoms with Crippen molar-refractivity contribution in [2.75, 3.05) is 0 Å². The van der Waals surface area contributed by atoms with E-state index in [1.165, 1.54) is 6.08 Å². The van der Waals surface area contributed by atoms with Crippen LogP contribution in [0.25, 0.3) is 6.08 Å². The van der Waals surface area contributed by atoms with Crippen LogP contribution in [0.5, 0.6) is 0 Å². The highest BCUT2D eigenvalue weighted by molar-refractivity contribution is 6.54. The lowest BCUT2D eigenvalue weighted by Gasteiger charge is -2.32. The fourth-order valence-corrected chi connectivity index (χ4v) is 1.85. The number of hydrogen-bond donors (Lipinski definition) is 0. The highest BCUT2D eigenvalue weighted by Gasteiger charge is 2.52. The molecule has 2 nitrogen and oxygen atoms in total. The van der Waals surface area contributed by atoms with Gasteiger partial charge >= 0.3 is 7.12 Å². The Morgan fingerprint density at radius 3 is 2.00 bits per heavy atom. The summed E-state index contributed by atoms with van der Waals surface area (Å²) in [7, 11) is -0.925. The molecule has 0 amide bonds. The van der Waals surface area contributed by atoms with Gasteiger partial charge in [0.05, 0.1) is 11.2 Å². The summed E-state index contributed by atoms with van der Waals surface area (Å²) in [5, 5.41) is 0. The topological polar surface area (TPSA) is 18.5 Å². The van der Waals surface area contributed by atoms with Crippen LogP contribution in [-0.2, 0) is 9.31 Å². The summed E-state index contributed by atoms with van der Waals surface area (Å²) < 4.78 is 25.5. The average molecular weight is 262 g/mol.